The molecule has 110 valence electrons. The highest BCUT2D eigenvalue weighted by Gasteiger charge is 2.16. The Bertz CT molecular complexity index is 661. The van der Waals surface area contributed by atoms with Gasteiger partial charge in [0.25, 0.3) is 0 Å². The number of nitrogens with zero attached hydrogens (tertiary/aromatic N) is 3. The van der Waals surface area contributed by atoms with Crippen LogP contribution in [0.3, 0.4) is 0 Å². The molecule has 0 aliphatic heterocycles. The first-order valence-corrected chi connectivity index (χ1v) is 7.21. The van der Waals surface area contributed by atoms with Gasteiger partial charge in [-0.25, -0.2) is 4.98 Å². The van der Waals surface area contributed by atoms with Crippen LogP contribution in [-0.2, 0) is 19.9 Å². The summed E-state index contributed by atoms with van der Waals surface area (Å²) in [6.45, 7) is 0.579. The highest BCUT2D eigenvalue weighted by molar-refractivity contribution is 6.02. The van der Waals surface area contributed by atoms with Gasteiger partial charge in [0.1, 0.15) is 11.6 Å². The summed E-state index contributed by atoms with van der Waals surface area (Å²) in [5.74, 6) is 1.82. The Hall–Kier alpha value is -2.30. The first kappa shape index (κ1) is 13.7. The Balaban J connectivity index is 1.68. The first-order chi connectivity index (χ1) is 10.3. The molecule has 0 bridgehead atoms. The van der Waals surface area contributed by atoms with Crippen LogP contribution in [0.4, 0.5) is 0 Å². The second-order valence-electron chi connectivity index (χ2n) is 5.27. The molecule has 5 nitrogen and oxygen atoms in total. The summed E-state index contributed by atoms with van der Waals surface area (Å²) in [6, 6.07) is 6.02. The summed E-state index contributed by atoms with van der Waals surface area (Å²) in [7, 11) is 1.98. The third-order valence-corrected chi connectivity index (χ3v) is 3.89. The molecule has 0 spiro atoms. The summed E-state index contributed by atoms with van der Waals surface area (Å²) >= 11 is 0. The van der Waals surface area contributed by atoms with E-state index in [1.54, 1.807) is 6.20 Å². The molecule has 1 aromatic carbocycles. The highest BCUT2D eigenvalue weighted by atomic mass is 16.5. The number of oxime groups is 1. The van der Waals surface area contributed by atoms with Crippen LogP contribution >= 0.6 is 0 Å². The summed E-state index contributed by atoms with van der Waals surface area (Å²) in [6.07, 6.45) is 7.37. The van der Waals surface area contributed by atoms with Gasteiger partial charge in [-0.2, -0.15) is 0 Å². The monoisotopic (exact) mass is 285 g/mol. The number of rotatable bonds is 4. The Morgan fingerprint density at radius 2 is 2.29 bits per heavy atom. The van der Waals surface area contributed by atoms with Crippen LogP contribution in [0.15, 0.2) is 35.7 Å². The molecule has 0 radical (unpaired) electrons. The summed E-state index contributed by atoms with van der Waals surface area (Å²) < 4.78 is 7.80. The van der Waals surface area contributed by atoms with Crippen LogP contribution in [0.1, 0.15) is 29.8 Å². The molecule has 1 heterocycles. The van der Waals surface area contributed by atoms with E-state index in [0.29, 0.717) is 6.61 Å². The third-order valence-electron chi connectivity index (χ3n) is 3.89. The second kappa shape index (κ2) is 5.99. The highest BCUT2D eigenvalue weighted by Crippen LogP contribution is 2.26. The van der Waals surface area contributed by atoms with Gasteiger partial charge in [0.15, 0.2) is 0 Å². The summed E-state index contributed by atoms with van der Waals surface area (Å²) in [5, 5.41) is 12.5. The van der Waals surface area contributed by atoms with Gasteiger partial charge < -0.3 is 14.5 Å². The molecule has 0 unspecified atom stereocenters. The minimum absolute atomic E-state index is 0.579. The maximum Gasteiger partial charge on any atom is 0.119 e. The molecule has 0 atom stereocenters. The average molecular weight is 285 g/mol. The zero-order valence-corrected chi connectivity index (χ0v) is 12.1. The smallest absolute Gasteiger partial charge is 0.119 e. The molecule has 2 aromatic rings. The van der Waals surface area contributed by atoms with Gasteiger partial charge in [-0.15, -0.1) is 0 Å². The molecule has 1 aliphatic carbocycles. The molecule has 0 amide bonds. The number of fused-ring (bicyclic) bond motifs is 1. The van der Waals surface area contributed by atoms with E-state index in [2.05, 4.69) is 16.2 Å². The van der Waals surface area contributed by atoms with Crippen molar-refractivity contribution in [2.75, 3.05) is 6.61 Å². The normalized spacial score (nSPS) is 16.0. The lowest BCUT2D eigenvalue weighted by atomic mass is 9.90. The topological polar surface area (TPSA) is 59.6 Å². The minimum Gasteiger partial charge on any atom is -0.493 e. The van der Waals surface area contributed by atoms with Crippen LogP contribution in [-0.4, -0.2) is 27.1 Å². The van der Waals surface area contributed by atoms with E-state index in [1.165, 1.54) is 5.56 Å². The van der Waals surface area contributed by atoms with Gasteiger partial charge in [-0.3, -0.25) is 0 Å². The zero-order chi connectivity index (χ0) is 14.7. The minimum atomic E-state index is 0.579. The molecular formula is C16H19N3O2. The quantitative estimate of drug-likeness (QED) is 0.693. The average Bonchev–Trinajstić information content (AvgIpc) is 2.92. The largest absolute Gasteiger partial charge is 0.493 e. The van der Waals surface area contributed by atoms with Gasteiger partial charge >= 0.3 is 0 Å². The molecule has 5 heteroatoms. The van der Waals surface area contributed by atoms with Crippen molar-refractivity contribution in [1.29, 1.82) is 0 Å². The molecule has 0 saturated carbocycles. The van der Waals surface area contributed by atoms with E-state index in [1.807, 2.05) is 29.9 Å². The van der Waals surface area contributed by atoms with E-state index in [-0.39, 0.29) is 0 Å². The molecule has 0 fully saturated rings. The Morgan fingerprint density at radius 1 is 1.38 bits per heavy atom. The Labute approximate surface area is 123 Å². The first-order valence-electron chi connectivity index (χ1n) is 7.21. The fourth-order valence-electron chi connectivity index (χ4n) is 2.71. The van der Waals surface area contributed by atoms with Crippen molar-refractivity contribution in [2.24, 2.45) is 12.2 Å². The van der Waals surface area contributed by atoms with Crippen molar-refractivity contribution in [3.05, 3.63) is 47.5 Å². The third kappa shape index (κ3) is 2.91. The second-order valence-corrected chi connectivity index (χ2v) is 5.27. The molecule has 21 heavy (non-hydrogen) atoms. The van der Waals surface area contributed by atoms with E-state index >= 15 is 0 Å². The van der Waals surface area contributed by atoms with Crippen LogP contribution in [0, 0.1) is 0 Å². The Kier molecular flexibility index (Phi) is 3.90. The van der Waals surface area contributed by atoms with E-state index in [4.69, 9.17) is 9.94 Å². The lowest BCUT2D eigenvalue weighted by Gasteiger charge is -2.18. The molecule has 1 aromatic heterocycles. The number of hydrogen-bond acceptors (Lipinski definition) is 4. The maximum absolute atomic E-state index is 9.10. The molecular weight excluding hydrogens is 266 g/mol. The van der Waals surface area contributed by atoms with Crippen molar-refractivity contribution in [2.45, 2.75) is 25.7 Å². The SMILES string of the molecule is Cn1ccnc1CCOc1ccc2c(c1)/C(=N\O)CCC2. The van der Waals surface area contributed by atoms with Crippen molar-refractivity contribution in [3.8, 4) is 5.75 Å². The number of imidazole rings is 1. The predicted octanol–water partition coefficient (Wildman–Crippen LogP) is 2.56. The van der Waals surface area contributed by atoms with Crippen LogP contribution < -0.4 is 4.74 Å². The number of ether oxygens (including phenoxy) is 1. The lowest BCUT2D eigenvalue weighted by molar-refractivity contribution is 0.315. The molecule has 1 N–H and O–H groups in total. The molecule has 1 aliphatic rings. The number of aromatic nitrogens is 2. The molecule has 3 rings (SSSR count). The van der Waals surface area contributed by atoms with Gasteiger partial charge in [0, 0.05) is 31.4 Å². The van der Waals surface area contributed by atoms with Gasteiger partial charge in [0.2, 0.25) is 0 Å². The van der Waals surface area contributed by atoms with Gasteiger partial charge in [-0.05, 0) is 37.0 Å². The maximum atomic E-state index is 9.10. The number of benzene rings is 1. The summed E-state index contributed by atoms with van der Waals surface area (Å²) in [5.41, 5.74) is 2.99. The van der Waals surface area contributed by atoms with Gasteiger partial charge in [-0.1, -0.05) is 11.2 Å². The van der Waals surface area contributed by atoms with Crippen molar-refractivity contribution in [1.82, 2.24) is 9.55 Å². The number of hydrogen-bond donors (Lipinski definition) is 1. The van der Waals surface area contributed by atoms with Crippen LogP contribution in [0.2, 0.25) is 0 Å². The fraction of sp³-hybridized carbons (Fsp3) is 0.375. The molecule has 0 saturated heterocycles. The van der Waals surface area contributed by atoms with Crippen LogP contribution in [0.25, 0.3) is 0 Å². The van der Waals surface area contributed by atoms with Crippen molar-refractivity contribution >= 4 is 5.71 Å². The number of aryl methyl sites for hydroxylation is 2. The van der Waals surface area contributed by atoms with Gasteiger partial charge in [0.05, 0.1) is 12.3 Å². The predicted molar refractivity (Wildman–Crippen MR) is 80.1 cm³/mol. The van der Waals surface area contributed by atoms with E-state index < -0.39 is 0 Å². The van der Waals surface area contributed by atoms with Crippen molar-refractivity contribution in [3.63, 3.8) is 0 Å². The van der Waals surface area contributed by atoms with E-state index in [0.717, 1.165) is 48.5 Å². The fourth-order valence-corrected chi connectivity index (χ4v) is 2.71. The standard InChI is InChI=1S/C16H19N3O2/c1-19-9-8-17-16(19)7-10-21-13-6-5-12-3-2-4-15(18-20)14(12)11-13/h5-6,8-9,11,20H,2-4,7,10H2,1H3/b18-15-. The van der Waals surface area contributed by atoms with Crippen LogP contribution in [0.5, 0.6) is 5.75 Å². The summed E-state index contributed by atoms with van der Waals surface area (Å²) in [4.78, 5) is 4.27. The lowest BCUT2D eigenvalue weighted by Crippen LogP contribution is -2.12. The Morgan fingerprint density at radius 3 is 3.05 bits per heavy atom. The van der Waals surface area contributed by atoms with Crippen molar-refractivity contribution < 1.29 is 9.94 Å². The van der Waals surface area contributed by atoms with E-state index in [9.17, 15) is 0 Å². The zero-order valence-electron chi connectivity index (χ0n) is 12.1.